The van der Waals surface area contributed by atoms with E-state index in [9.17, 15) is 0 Å². The van der Waals surface area contributed by atoms with Crippen molar-refractivity contribution in [2.24, 2.45) is 0 Å². The van der Waals surface area contributed by atoms with Crippen molar-refractivity contribution in [1.82, 2.24) is 4.57 Å². The van der Waals surface area contributed by atoms with Gasteiger partial charge in [-0.15, -0.1) is 0 Å². The number of hydrogen-bond donors (Lipinski definition) is 0. The Labute approximate surface area is 237 Å². The van der Waals surface area contributed by atoms with Crippen molar-refractivity contribution in [3.05, 3.63) is 42.7 Å². The Morgan fingerprint density at radius 2 is 0.921 bits per heavy atom. The van der Waals surface area contributed by atoms with E-state index in [0.29, 0.717) is 0 Å². The third-order valence-electron chi connectivity index (χ3n) is 8.26. The highest BCUT2D eigenvalue weighted by molar-refractivity contribution is 5.52. The number of nitrogens with zero attached hydrogens (tertiary/aromatic N) is 2. The molecule has 0 aliphatic heterocycles. The van der Waals surface area contributed by atoms with E-state index in [0.717, 1.165) is 13.1 Å². The molecule has 38 heavy (non-hydrogen) atoms. The normalized spacial score (nSPS) is 11.4. The molecule has 1 heterocycles. The lowest BCUT2D eigenvalue weighted by Crippen LogP contribution is -2.34. The number of aromatic nitrogens is 2. The highest BCUT2D eigenvalue weighted by atomic mass is 15.1. The fourth-order valence-electron chi connectivity index (χ4n) is 5.82. The summed E-state index contributed by atoms with van der Waals surface area (Å²) in [5, 5.41) is 0. The summed E-state index contributed by atoms with van der Waals surface area (Å²) in [6.45, 7) is 6.89. The predicted octanol–water partition coefficient (Wildman–Crippen LogP) is 11.5. The molecule has 2 aromatic rings. The first kappa shape index (κ1) is 32.6. The lowest BCUT2D eigenvalue weighted by atomic mass is 10.0. The molecule has 0 N–H and O–H groups in total. The minimum Gasteiger partial charge on any atom is -0.230 e. The van der Waals surface area contributed by atoms with E-state index in [1.807, 2.05) is 0 Å². The number of benzene rings is 1. The molecule has 216 valence electrons. The van der Waals surface area contributed by atoms with Gasteiger partial charge in [0.25, 0.3) is 5.82 Å². The van der Waals surface area contributed by atoms with Gasteiger partial charge in [-0.3, -0.25) is 0 Å². The van der Waals surface area contributed by atoms with Crippen LogP contribution in [-0.4, -0.2) is 4.57 Å². The molecule has 0 aliphatic rings. The monoisotopic (exact) mass is 523 g/mol. The van der Waals surface area contributed by atoms with Crippen LogP contribution in [0.2, 0.25) is 0 Å². The van der Waals surface area contributed by atoms with Gasteiger partial charge in [0, 0.05) is 0 Å². The zero-order chi connectivity index (χ0) is 26.9. The molecule has 0 unspecified atom stereocenters. The van der Waals surface area contributed by atoms with Gasteiger partial charge in [-0.1, -0.05) is 154 Å². The second-order valence-electron chi connectivity index (χ2n) is 11.8. The van der Waals surface area contributed by atoms with Crippen molar-refractivity contribution in [2.75, 3.05) is 0 Å². The summed E-state index contributed by atoms with van der Waals surface area (Å²) in [7, 11) is 0. The Morgan fingerprint density at radius 3 is 1.39 bits per heavy atom. The fraction of sp³-hybridized carbons (Fsp3) is 0.750. The zero-order valence-corrected chi connectivity index (χ0v) is 25.6. The van der Waals surface area contributed by atoms with E-state index in [4.69, 9.17) is 0 Å². The number of rotatable bonds is 26. The lowest BCUT2D eigenvalue weighted by Gasteiger charge is -2.07. The van der Waals surface area contributed by atoms with Gasteiger partial charge in [-0.05, 0) is 37.8 Å². The van der Waals surface area contributed by atoms with Gasteiger partial charge in [0.1, 0.15) is 12.4 Å². The molecule has 0 amide bonds. The molecule has 0 spiro atoms. The average molecular weight is 524 g/mol. The van der Waals surface area contributed by atoms with Crippen LogP contribution in [0.3, 0.4) is 0 Å². The van der Waals surface area contributed by atoms with Gasteiger partial charge in [-0.25, -0.2) is 9.13 Å². The van der Waals surface area contributed by atoms with E-state index in [2.05, 4.69) is 65.7 Å². The topological polar surface area (TPSA) is 8.81 Å². The van der Waals surface area contributed by atoms with E-state index in [-0.39, 0.29) is 0 Å². The first-order valence-electron chi connectivity index (χ1n) is 17.0. The minimum absolute atomic E-state index is 1.14. The van der Waals surface area contributed by atoms with Crippen LogP contribution in [0.5, 0.6) is 0 Å². The lowest BCUT2D eigenvalue weighted by molar-refractivity contribution is -0.686. The standard InChI is InChI=1S/C36H63N2/c1-3-5-7-9-11-12-13-14-15-16-17-18-19-20-21-23-28-32-38-34-33-37(31-27-22-10-8-6-4-2)36(38)35-29-25-24-26-30-35/h24-26,29-30,33-34H,3-23,27-28,31-32H2,1-2H3/q+1. The maximum Gasteiger partial charge on any atom is 0.288 e. The summed E-state index contributed by atoms with van der Waals surface area (Å²) in [5.41, 5.74) is 1.36. The van der Waals surface area contributed by atoms with E-state index in [1.54, 1.807) is 0 Å². The molecule has 0 aliphatic carbocycles. The molecule has 0 bridgehead atoms. The van der Waals surface area contributed by atoms with Gasteiger partial charge in [0.2, 0.25) is 0 Å². The molecular formula is C36H63N2+. The third kappa shape index (κ3) is 15.1. The molecule has 1 aromatic carbocycles. The molecule has 0 fully saturated rings. The largest absolute Gasteiger partial charge is 0.288 e. The van der Waals surface area contributed by atoms with Crippen molar-refractivity contribution in [3.63, 3.8) is 0 Å². The molecule has 2 rings (SSSR count). The Morgan fingerprint density at radius 1 is 0.500 bits per heavy atom. The second kappa shape index (κ2) is 23.3. The molecule has 0 saturated heterocycles. The second-order valence-corrected chi connectivity index (χ2v) is 11.8. The smallest absolute Gasteiger partial charge is 0.230 e. The zero-order valence-electron chi connectivity index (χ0n) is 25.6. The first-order valence-corrected chi connectivity index (χ1v) is 17.0. The van der Waals surface area contributed by atoms with E-state index in [1.165, 1.54) is 159 Å². The third-order valence-corrected chi connectivity index (χ3v) is 8.26. The van der Waals surface area contributed by atoms with Crippen molar-refractivity contribution < 1.29 is 4.57 Å². The summed E-state index contributed by atoms with van der Waals surface area (Å²) in [6, 6.07) is 11.0. The van der Waals surface area contributed by atoms with Crippen LogP contribution in [0.1, 0.15) is 162 Å². The Balaban J connectivity index is 1.54. The van der Waals surface area contributed by atoms with E-state index < -0.39 is 0 Å². The predicted molar refractivity (Wildman–Crippen MR) is 168 cm³/mol. The molecular weight excluding hydrogens is 460 g/mol. The summed E-state index contributed by atoms with van der Waals surface area (Å²) < 4.78 is 5.01. The number of unbranched alkanes of at least 4 members (excludes halogenated alkanes) is 21. The van der Waals surface area contributed by atoms with Crippen molar-refractivity contribution >= 4 is 0 Å². The van der Waals surface area contributed by atoms with Gasteiger partial charge < -0.3 is 0 Å². The molecule has 1 aromatic heterocycles. The number of imidazole rings is 1. The average Bonchev–Trinajstić information content (AvgIpc) is 3.35. The Bertz CT molecular complexity index is 763. The number of hydrogen-bond acceptors (Lipinski definition) is 0. The molecule has 0 radical (unpaired) electrons. The van der Waals surface area contributed by atoms with Gasteiger partial charge in [-0.2, -0.15) is 0 Å². The quantitative estimate of drug-likeness (QED) is 0.0856. The van der Waals surface area contributed by atoms with Crippen molar-refractivity contribution in [2.45, 2.75) is 175 Å². The maximum absolute atomic E-state index is 2.51. The van der Waals surface area contributed by atoms with Crippen LogP contribution in [0.15, 0.2) is 42.7 Å². The van der Waals surface area contributed by atoms with E-state index >= 15 is 0 Å². The Hall–Kier alpha value is -1.57. The van der Waals surface area contributed by atoms with Crippen LogP contribution >= 0.6 is 0 Å². The van der Waals surface area contributed by atoms with Crippen LogP contribution in [0, 0.1) is 0 Å². The van der Waals surface area contributed by atoms with Gasteiger partial charge >= 0.3 is 0 Å². The molecule has 0 atom stereocenters. The SMILES string of the molecule is CCCCCCCCCCCCCCCCCCCn1cc[n+](CCCCCCCC)c1-c1ccccc1. The summed E-state index contributed by atoms with van der Waals surface area (Å²) in [4.78, 5) is 0. The highest BCUT2D eigenvalue weighted by Crippen LogP contribution is 2.18. The molecule has 2 nitrogen and oxygen atoms in total. The van der Waals surface area contributed by atoms with Crippen LogP contribution in [0.4, 0.5) is 0 Å². The Kier molecular flexibility index (Phi) is 20.0. The van der Waals surface area contributed by atoms with Gasteiger partial charge in [0.05, 0.1) is 18.7 Å². The van der Waals surface area contributed by atoms with Crippen LogP contribution in [0.25, 0.3) is 11.4 Å². The highest BCUT2D eigenvalue weighted by Gasteiger charge is 2.18. The first-order chi connectivity index (χ1) is 18.9. The maximum atomic E-state index is 2.51. The molecule has 2 heteroatoms. The van der Waals surface area contributed by atoms with Gasteiger partial charge in [0.15, 0.2) is 0 Å². The van der Waals surface area contributed by atoms with Crippen LogP contribution in [-0.2, 0) is 13.1 Å². The molecule has 0 saturated carbocycles. The number of aryl methyl sites for hydroxylation is 2. The summed E-state index contributed by atoms with van der Waals surface area (Å²) in [6.07, 6.45) is 37.1. The van der Waals surface area contributed by atoms with Crippen molar-refractivity contribution in [1.29, 1.82) is 0 Å². The fourth-order valence-corrected chi connectivity index (χ4v) is 5.82. The van der Waals surface area contributed by atoms with Crippen LogP contribution < -0.4 is 4.57 Å². The summed E-state index contributed by atoms with van der Waals surface area (Å²) >= 11 is 0. The summed E-state index contributed by atoms with van der Waals surface area (Å²) in [5.74, 6) is 1.40. The van der Waals surface area contributed by atoms with Crippen molar-refractivity contribution in [3.8, 4) is 11.4 Å². The minimum atomic E-state index is 1.14.